The molecule has 1 atom stereocenters. The first-order valence-corrected chi connectivity index (χ1v) is 15.9. The first kappa shape index (κ1) is 27.5. The number of aromatic nitrogens is 1. The maximum absolute atomic E-state index is 13.4. The molecule has 37 heavy (non-hydrogen) atoms. The monoisotopic (exact) mass is 567 g/mol. The van der Waals surface area contributed by atoms with E-state index in [0.717, 1.165) is 11.8 Å². The number of fused-ring (bicyclic) bond motifs is 1. The Morgan fingerprint density at radius 3 is 2.46 bits per heavy atom. The number of nitrogens with zero attached hydrogens (tertiary/aromatic N) is 3. The maximum atomic E-state index is 13.4. The van der Waals surface area contributed by atoms with Gasteiger partial charge in [-0.15, -0.1) is 0 Å². The van der Waals surface area contributed by atoms with Gasteiger partial charge in [0.2, 0.25) is 10.0 Å². The Labute approximate surface area is 220 Å². The van der Waals surface area contributed by atoms with Crippen LogP contribution in [0.4, 0.5) is 0 Å². The van der Waals surface area contributed by atoms with Crippen LogP contribution < -0.4 is 9.54 Å². The predicted molar refractivity (Wildman–Crippen MR) is 140 cm³/mol. The number of carbonyl (C=O) groups is 1. The van der Waals surface area contributed by atoms with Crippen molar-refractivity contribution in [3.63, 3.8) is 0 Å². The van der Waals surface area contributed by atoms with Crippen LogP contribution in [0.15, 0.2) is 57.2 Å². The molecule has 13 heteroatoms. The number of ether oxygens (including phenoxy) is 2. The van der Waals surface area contributed by atoms with Gasteiger partial charge < -0.3 is 14.0 Å². The summed E-state index contributed by atoms with van der Waals surface area (Å²) in [5.41, 5.74) is 0.720. The molecule has 4 rings (SSSR count). The van der Waals surface area contributed by atoms with Crippen molar-refractivity contribution in [2.45, 2.75) is 42.1 Å². The quantitative estimate of drug-likeness (QED) is 0.364. The average Bonchev–Trinajstić information content (AvgIpc) is 3.49. The van der Waals surface area contributed by atoms with E-state index in [1.807, 2.05) is 6.92 Å². The fraction of sp³-hybridized carbons (Fsp3) is 0.417. The Balaban J connectivity index is 1.72. The van der Waals surface area contributed by atoms with Gasteiger partial charge in [-0.1, -0.05) is 11.3 Å². The number of hydrogen-bond acceptors (Lipinski definition) is 8. The summed E-state index contributed by atoms with van der Waals surface area (Å²) in [5, 5.41) is 0. The first-order valence-electron chi connectivity index (χ1n) is 11.7. The molecular weight excluding hydrogens is 538 g/mol. The van der Waals surface area contributed by atoms with Crippen LogP contribution in [-0.4, -0.2) is 70.8 Å². The number of amides is 1. The largest absolute Gasteiger partial charge is 0.497 e. The minimum absolute atomic E-state index is 0.0787. The van der Waals surface area contributed by atoms with Gasteiger partial charge in [0.15, 0.2) is 14.6 Å². The van der Waals surface area contributed by atoms with Crippen LogP contribution in [0.1, 0.15) is 19.8 Å². The van der Waals surface area contributed by atoms with Crippen LogP contribution in [-0.2, 0) is 35.9 Å². The molecule has 2 heterocycles. The topological polar surface area (TPSA) is 124 Å². The normalized spacial score (nSPS) is 17.5. The summed E-state index contributed by atoms with van der Waals surface area (Å²) in [6, 6.07) is 9.88. The molecular formula is C24H29N3O7S3. The summed E-state index contributed by atoms with van der Waals surface area (Å²) in [6.07, 6.45) is 2.03. The van der Waals surface area contributed by atoms with E-state index in [9.17, 15) is 21.6 Å². The van der Waals surface area contributed by atoms with E-state index in [-0.39, 0.29) is 16.3 Å². The second kappa shape index (κ2) is 11.0. The average molecular weight is 568 g/mol. The third-order valence-corrected chi connectivity index (χ3v) is 10.2. The molecule has 0 aliphatic carbocycles. The summed E-state index contributed by atoms with van der Waals surface area (Å²) in [7, 11) is -5.84. The highest BCUT2D eigenvalue weighted by molar-refractivity contribution is 7.90. The molecule has 10 nitrogen and oxygen atoms in total. The fourth-order valence-corrected chi connectivity index (χ4v) is 7.69. The fourth-order valence-electron chi connectivity index (χ4n) is 4.21. The predicted octanol–water partition coefficient (Wildman–Crippen LogP) is 2.43. The summed E-state index contributed by atoms with van der Waals surface area (Å²) in [6.45, 7) is 3.39. The number of thiazole rings is 1. The number of carbonyl (C=O) groups excluding carboxylic acids is 1. The van der Waals surface area contributed by atoms with Crippen LogP contribution in [0.5, 0.6) is 5.75 Å². The molecule has 0 bridgehead atoms. The summed E-state index contributed by atoms with van der Waals surface area (Å²) < 4.78 is 65.0. The van der Waals surface area contributed by atoms with Gasteiger partial charge in [-0.3, -0.25) is 4.79 Å². The Morgan fingerprint density at radius 1 is 1.11 bits per heavy atom. The zero-order valence-electron chi connectivity index (χ0n) is 20.8. The molecule has 0 N–H and O–H groups in total. The minimum atomic E-state index is -3.92. The number of methoxy groups -OCH3 is 1. The standard InChI is InChI=1S/C24H29N3O7S3/c1-4-34-15-14-26-20-12-11-19(36(3,29)30)16-22(20)35-24(26)25-23(28)21-6-5-13-27(21)37(31,32)18-9-7-17(33-2)8-10-18/h7-12,16,21H,4-6,13-15H2,1-3H3. The molecule has 1 aliphatic heterocycles. The van der Waals surface area contributed by atoms with Gasteiger partial charge in [-0.25, -0.2) is 16.8 Å². The van der Waals surface area contributed by atoms with Crippen molar-refractivity contribution in [3.8, 4) is 5.75 Å². The third kappa shape index (κ3) is 5.80. The van der Waals surface area contributed by atoms with Crippen molar-refractivity contribution < 1.29 is 31.1 Å². The molecule has 1 amide bonds. The summed E-state index contributed by atoms with van der Waals surface area (Å²) >= 11 is 1.18. The van der Waals surface area contributed by atoms with Crippen molar-refractivity contribution in [2.75, 3.05) is 33.1 Å². The molecule has 3 aromatic rings. The van der Waals surface area contributed by atoms with Gasteiger partial charge in [0.1, 0.15) is 11.8 Å². The first-order chi connectivity index (χ1) is 17.6. The lowest BCUT2D eigenvalue weighted by Crippen LogP contribution is -2.40. The molecule has 0 spiro atoms. The van der Waals surface area contributed by atoms with Crippen molar-refractivity contribution in [3.05, 3.63) is 47.3 Å². The molecule has 1 aromatic heterocycles. The Kier molecular flexibility index (Phi) is 8.19. The van der Waals surface area contributed by atoms with Crippen molar-refractivity contribution in [2.24, 2.45) is 4.99 Å². The van der Waals surface area contributed by atoms with Crippen molar-refractivity contribution in [1.82, 2.24) is 8.87 Å². The van der Waals surface area contributed by atoms with E-state index in [1.165, 1.54) is 41.0 Å². The van der Waals surface area contributed by atoms with Gasteiger partial charge in [-0.05, 0) is 62.2 Å². The molecule has 1 saturated heterocycles. The van der Waals surface area contributed by atoms with E-state index in [0.29, 0.717) is 47.9 Å². The number of hydrogen-bond donors (Lipinski definition) is 0. The lowest BCUT2D eigenvalue weighted by atomic mass is 10.2. The van der Waals surface area contributed by atoms with Crippen LogP contribution in [0.3, 0.4) is 0 Å². The molecule has 0 saturated carbocycles. The van der Waals surface area contributed by atoms with Gasteiger partial charge >= 0.3 is 0 Å². The van der Waals surface area contributed by atoms with Gasteiger partial charge in [-0.2, -0.15) is 9.30 Å². The molecule has 1 fully saturated rings. The Morgan fingerprint density at radius 2 is 1.81 bits per heavy atom. The summed E-state index contributed by atoms with van der Waals surface area (Å²) in [5.74, 6) is -0.0296. The highest BCUT2D eigenvalue weighted by Crippen LogP contribution is 2.28. The zero-order chi connectivity index (χ0) is 26.8. The molecule has 0 radical (unpaired) electrons. The number of sulfone groups is 1. The lowest BCUT2D eigenvalue weighted by molar-refractivity contribution is -0.121. The van der Waals surface area contributed by atoms with E-state index in [4.69, 9.17) is 9.47 Å². The van der Waals surface area contributed by atoms with Gasteiger partial charge in [0.25, 0.3) is 5.91 Å². The molecule has 2 aromatic carbocycles. The Bertz CT molecular complexity index is 1570. The smallest absolute Gasteiger partial charge is 0.266 e. The Hall–Kier alpha value is -2.58. The SMILES string of the molecule is CCOCCn1c(=NC(=O)C2CCCN2S(=O)(=O)c2ccc(OC)cc2)sc2cc(S(C)(=O)=O)ccc21. The van der Waals surface area contributed by atoms with Crippen LogP contribution in [0.25, 0.3) is 10.2 Å². The molecule has 1 unspecified atom stereocenters. The highest BCUT2D eigenvalue weighted by atomic mass is 32.2. The van der Waals surface area contributed by atoms with E-state index >= 15 is 0 Å². The summed E-state index contributed by atoms with van der Waals surface area (Å²) in [4.78, 5) is 18.3. The number of benzene rings is 2. The maximum Gasteiger partial charge on any atom is 0.266 e. The zero-order valence-corrected chi connectivity index (χ0v) is 23.2. The number of rotatable bonds is 9. The van der Waals surface area contributed by atoms with Gasteiger partial charge in [0.05, 0.1) is 33.7 Å². The van der Waals surface area contributed by atoms with Crippen molar-refractivity contribution >= 4 is 47.3 Å². The molecule has 200 valence electrons. The minimum Gasteiger partial charge on any atom is -0.497 e. The van der Waals surface area contributed by atoms with E-state index < -0.39 is 31.8 Å². The van der Waals surface area contributed by atoms with Crippen molar-refractivity contribution in [1.29, 1.82) is 0 Å². The van der Waals surface area contributed by atoms with Crippen LogP contribution in [0, 0.1) is 0 Å². The lowest BCUT2D eigenvalue weighted by Gasteiger charge is -2.21. The second-order valence-corrected chi connectivity index (χ2v) is 13.4. The van der Waals surface area contributed by atoms with E-state index in [2.05, 4.69) is 4.99 Å². The molecule has 1 aliphatic rings. The second-order valence-electron chi connectivity index (χ2n) is 8.53. The highest BCUT2D eigenvalue weighted by Gasteiger charge is 2.39. The number of sulfonamides is 1. The third-order valence-electron chi connectivity index (χ3n) is 6.11. The van der Waals surface area contributed by atoms with Crippen LogP contribution >= 0.6 is 11.3 Å². The van der Waals surface area contributed by atoms with E-state index in [1.54, 1.807) is 28.8 Å². The van der Waals surface area contributed by atoms with Gasteiger partial charge in [0, 0.05) is 26.0 Å². The van der Waals surface area contributed by atoms with Crippen LogP contribution in [0.2, 0.25) is 0 Å².